The Balaban J connectivity index is 1.98. The first-order valence-corrected chi connectivity index (χ1v) is 5.51. The van der Waals surface area contributed by atoms with Crippen molar-refractivity contribution >= 4 is 0 Å². The van der Waals surface area contributed by atoms with Crippen molar-refractivity contribution in [2.75, 3.05) is 0 Å². The summed E-state index contributed by atoms with van der Waals surface area (Å²) in [5, 5.41) is 0. The van der Waals surface area contributed by atoms with Gasteiger partial charge in [0.2, 0.25) is 0 Å². The summed E-state index contributed by atoms with van der Waals surface area (Å²) in [6.45, 7) is 2.21. The topological polar surface area (TPSA) is 26.3 Å². The summed E-state index contributed by atoms with van der Waals surface area (Å²) >= 11 is 0. The van der Waals surface area contributed by atoms with Crippen LogP contribution in [0.3, 0.4) is 0 Å². The first-order valence-electron chi connectivity index (χ1n) is 5.51. The lowest BCUT2D eigenvalue weighted by Gasteiger charge is -1.95. The molecule has 2 aromatic heterocycles. The van der Waals surface area contributed by atoms with Crippen LogP contribution in [0, 0.1) is 0 Å². The third-order valence-electron chi connectivity index (χ3n) is 2.49. The van der Waals surface area contributed by atoms with Crippen LogP contribution in [0.5, 0.6) is 0 Å². The second-order valence-electron chi connectivity index (χ2n) is 3.74. The molecule has 2 nitrogen and oxygen atoms in total. The Hall–Kier alpha value is -1.44. The summed E-state index contributed by atoms with van der Waals surface area (Å²) in [7, 11) is 0. The molecule has 0 spiro atoms. The molecule has 0 aromatic carbocycles. The van der Waals surface area contributed by atoms with E-state index in [9.17, 15) is 0 Å². The van der Waals surface area contributed by atoms with Crippen LogP contribution in [-0.4, -0.2) is 0 Å². The van der Waals surface area contributed by atoms with Crippen molar-refractivity contribution in [3.05, 3.63) is 36.5 Å². The van der Waals surface area contributed by atoms with Gasteiger partial charge in [0.05, 0.1) is 11.8 Å². The monoisotopic (exact) mass is 204 g/mol. The highest BCUT2D eigenvalue weighted by molar-refractivity contribution is 5.55. The Morgan fingerprint density at radius 2 is 2.07 bits per heavy atom. The Morgan fingerprint density at radius 3 is 2.80 bits per heavy atom. The molecule has 0 radical (unpaired) electrons. The van der Waals surface area contributed by atoms with E-state index in [0.29, 0.717) is 0 Å². The Bertz CT molecular complexity index is 384. The molecule has 2 rings (SSSR count). The minimum absolute atomic E-state index is 0.898. The molecule has 2 heteroatoms. The predicted octanol–water partition coefficient (Wildman–Crippen LogP) is 4.27. The first-order chi connectivity index (χ1) is 7.40. The second kappa shape index (κ2) is 4.87. The molecule has 2 aromatic rings. The Morgan fingerprint density at radius 1 is 1.13 bits per heavy atom. The molecule has 0 bridgehead atoms. The van der Waals surface area contributed by atoms with Crippen molar-refractivity contribution < 1.29 is 8.83 Å². The molecular formula is C13H16O2. The second-order valence-corrected chi connectivity index (χ2v) is 3.74. The third-order valence-corrected chi connectivity index (χ3v) is 2.49. The lowest BCUT2D eigenvalue weighted by molar-refractivity contribution is 0.506. The van der Waals surface area contributed by atoms with Gasteiger partial charge in [-0.25, -0.2) is 0 Å². The third kappa shape index (κ3) is 2.52. The van der Waals surface area contributed by atoms with Crippen molar-refractivity contribution in [1.29, 1.82) is 0 Å². The number of hydrogen-bond donors (Lipinski definition) is 0. The van der Waals surface area contributed by atoms with E-state index in [1.807, 2.05) is 12.1 Å². The van der Waals surface area contributed by atoms with Crippen LogP contribution in [0.1, 0.15) is 31.9 Å². The Labute approximate surface area is 89.9 Å². The molecule has 2 heterocycles. The minimum atomic E-state index is 0.898. The fourth-order valence-electron chi connectivity index (χ4n) is 1.62. The molecule has 0 atom stereocenters. The van der Waals surface area contributed by atoms with Crippen LogP contribution in [0.25, 0.3) is 11.3 Å². The largest absolute Gasteiger partial charge is 0.472 e. The summed E-state index contributed by atoms with van der Waals surface area (Å²) < 4.78 is 10.7. The molecule has 0 amide bonds. The average molecular weight is 204 g/mol. The quantitative estimate of drug-likeness (QED) is 0.680. The van der Waals surface area contributed by atoms with Crippen molar-refractivity contribution in [2.45, 2.75) is 32.6 Å². The highest BCUT2D eigenvalue weighted by atomic mass is 16.3. The van der Waals surface area contributed by atoms with Crippen LogP contribution in [-0.2, 0) is 6.42 Å². The van der Waals surface area contributed by atoms with E-state index >= 15 is 0 Å². The van der Waals surface area contributed by atoms with Gasteiger partial charge < -0.3 is 8.83 Å². The van der Waals surface area contributed by atoms with E-state index in [1.165, 1.54) is 19.3 Å². The van der Waals surface area contributed by atoms with E-state index in [2.05, 4.69) is 13.0 Å². The van der Waals surface area contributed by atoms with Crippen LogP contribution in [0.4, 0.5) is 0 Å². The van der Waals surface area contributed by atoms with Gasteiger partial charge >= 0.3 is 0 Å². The summed E-state index contributed by atoms with van der Waals surface area (Å²) in [6, 6.07) is 5.97. The van der Waals surface area contributed by atoms with E-state index in [-0.39, 0.29) is 0 Å². The number of unbranched alkanes of at least 4 members (excludes halogenated alkanes) is 2. The van der Waals surface area contributed by atoms with Crippen molar-refractivity contribution in [3.8, 4) is 11.3 Å². The van der Waals surface area contributed by atoms with Gasteiger partial charge in [-0.1, -0.05) is 19.8 Å². The molecular weight excluding hydrogens is 188 g/mol. The van der Waals surface area contributed by atoms with Crippen LogP contribution >= 0.6 is 0 Å². The number of furan rings is 2. The number of hydrogen-bond acceptors (Lipinski definition) is 2. The molecule has 0 aliphatic carbocycles. The van der Waals surface area contributed by atoms with Crippen LogP contribution < -0.4 is 0 Å². The van der Waals surface area contributed by atoms with Gasteiger partial charge in [-0.05, 0) is 24.6 Å². The first kappa shape index (κ1) is 10.1. The van der Waals surface area contributed by atoms with E-state index in [4.69, 9.17) is 8.83 Å². The molecule has 0 fully saturated rings. The SMILES string of the molecule is CCCCCc1ccc(-c2ccoc2)o1. The summed E-state index contributed by atoms with van der Waals surface area (Å²) in [5.74, 6) is 1.97. The van der Waals surface area contributed by atoms with Gasteiger partial charge in [-0.2, -0.15) is 0 Å². The number of rotatable bonds is 5. The molecule has 0 aliphatic rings. The van der Waals surface area contributed by atoms with Crippen molar-refractivity contribution in [1.82, 2.24) is 0 Å². The molecule has 0 aliphatic heterocycles. The number of aryl methyl sites for hydroxylation is 1. The molecule has 0 saturated carbocycles. The fourth-order valence-corrected chi connectivity index (χ4v) is 1.62. The summed E-state index contributed by atoms with van der Waals surface area (Å²) in [5.41, 5.74) is 1.01. The highest BCUT2D eigenvalue weighted by Crippen LogP contribution is 2.23. The van der Waals surface area contributed by atoms with Gasteiger partial charge in [0.1, 0.15) is 17.8 Å². The maximum atomic E-state index is 5.71. The standard InChI is InChI=1S/C13H16O2/c1-2-3-4-5-12-6-7-13(15-12)11-8-9-14-10-11/h6-10H,2-5H2,1H3. The average Bonchev–Trinajstić information content (AvgIpc) is 2.87. The van der Waals surface area contributed by atoms with E-state index < -0.39 is 0 Å². The van der Waals surface area contributed by atoms with Crippen LogP contribution in [0.2, 0.25) is 0 Å². The lowest BCUT2D eigenvalue weighted by Crippen LogP contribution is -1.80. The molecule has 15 heavy (non-hydrogen) atoms. The smallest absolute Gasteiger partial charge is 0.137 e. The predicted molar refractivity (Wildman–Crippen MR) is 59.6 cm³/mol. The molecule has 80 valence electrons. The Kier molecular flexibility index (Phi) is 3.28. The lowest BCUT2D eigenvalue weighted by atomic mass is 10.2. The molecule has 0 N–H and O–H groups in total. The summed E-state index contributed by atoms with van der Waals surface area (Å²) in [4.78, 5) is 0. The van der Waals surface area contributed by atoms with Gasteiger partial charge in [-0.3, -0.25) is 0 Å². The zero-order valence-electron chi connectivity index (χ0n) is 9.03. The van der Waals surface area contributed by atoms with Gasteiger partial charge in [0, 0.05) is 6.42 Å². The minimum Gasteiger partial charge on any atom is -0.472 e. The van der Waals surface area contributed by atoms with E-state index in [1.54, 1.807) is 12.5 Å². The molecule has 0 unspecified atom stereocenters. The van der Waals surface area contributed by atoms with Crippen LogP contribution in [0.15, 0.2) is 39.6 Å². The highest BCUT2D eigenvalue weighted by Gasteiger charge is 2.05. The maximum Gasteiger partial charge on any atom is 0.137 e. The summed E-state index contributed by atoms with van der Waals surface area (Å²) in [6.07, 6.45) is 8.11. The normalized spacial score (nSPS) is 10.7. The van der Waals surface area contributed by atoms with Crippen molar-refractivity contribution in [2.24, 2.45) is 0 Å². The van der Waals surface area contributed by atoms with Gasteiger partial charge in [0.25, 0.3) is 0 Å². The maximum absolute atomic E-state index is 5.71. The van der Waals surface area contributed by atoms with Gasteiger partial charge in [-0.15, -0.1) is 0 Å². The molecule has 0 saturated heterocycles. The van der Waals surface area contributed by atoms with Crippen molar-refractivity contribution in [3.63, 3.8) is 0 Å². The zero-order valence-corrected chi connectivity index (χ0v) is 9.03. The zero-order chi connectivity index (χ0) is 10.5. The van der Waals surface area contributed by atoms with E-state index in [0.717, 1.165) is 23.5 Å². The van der Waals surface area contributed by atoms with Gasteiger partial charge in [0.15, 0.2) is 0 Å². The fraction of sp³-hybridized carbons (Fsp3) is 0.385.